The Morgan fingerprint density at radius 2 is 1.30 bits per heavy atom. The molecule has 33 heavy (non-hydrogen) atoms. The maximum atomic E-state index is 11.3. The Hall–Kier alpha value is -0.270. The first kappa shape index (κ1) is 32.7. The molecule has 0 saturated heterocycles. The second-order valence-electron chi connectivity index (χ2n) is 7.91. The van der Waals surface area contributed by atoms with Crippen LogP contribution >= 0.6 is 11.8 Å². The van der Waals surface area contributed by atoms with Gasteiger partial charge in [0.2, 0.25) is 0 Å². The van der Waals surface area contributed by atoms with E-state index < -0.39 is 11.9 Å². The fraction of sp³-hybridized carbons (Fsp3) is 0.462. The third-order valence-corrected chi connectivity index (χ3v) is 6.66. The molecule has 0 aliphatic carbocycles. The van der Waals surface area contributed by atoms with Crippen molar-refractivity contribution in [2.24, 2.45) is 0 Å². The Morgan fingerprint density at radius 3 is 1.94 bits per heavy atom. The quantitative estimate of drug-likeness (QED) is 0.249. The summed E-state index contributed by atoms with van der Waals surface area (Å²) in [6.45, 7) is 0. The average molecular weight is 491 g/mol. The summed E-state index contributed by atoms with van der Waals surface area (Å²) in [6.07, 6.45) is 9.39. The van der Waals surface area contributed by atoms with Gasteiger partial charge in [0.25, 0.3) is 0 Å². The van der Waals surface area contributed by atoms with Crippen LogP contribution in [0.1, 0.15) is 73.3 Å². The van der Waals surface area contributed by atoms with Crippen molar-refractivity contribution < 1.29 is 19.8 Å². The molecule has 2 aromatic carbocycles. The van der Waals surface area contributed by atoms with Crippen molar-refractivity contribution >= 4 is 82.8 Å². The van der Waals surface area contributed by atoms with Crippen LogP contribution in [0, 0.1) is 0 Å². The molecule has 0 heterocycles. The molecule has 4 nitrogen and oxygen atoms in total. The average Bonchev–Trinajstić information content (AvgIpc) is 2.75. The van der Waals surface area contributed by atoms with Gasteiger partial charge in [0.05, 0.1) is 12.8 Å². The van der Waals surface area contributed by atoms with Gasteiger partial charge in [-0.05, 0) is 42.4 Å². The molecule has 2 aromatic rings. The predicted molar refractivity (Wildman–Crippen MR) is 142 cm³/mol. The second-order valence-corrected chi connectivity index (χ2v) is 9.22. The van der Waals surface area contributed by atoms with Gasteiger partial charge in [-0.2, -0.15) is 11.8 Å². The van der Waals surface area contributed by atoms with Gasteiger partial charge in [-0.15, -0.1) is 0 Å². The maximum absolute atomic E-state index is 11.3. The van der Waals surface area contributed by atoms with Crippen LogP contribution in [0.15, 0.2) is 54.6 Å². The Balaban J connectivity index is 0.00000512. The normalized spacial score (nSPS) is 11.2. The molecule has 0 spiro atoms. The van der Waals surface area contributed by atoms with Crippen LogP contribution in [0.25, 0.3) is 0 Å². The van der Waals surface area contributed by atoms with E-state index in [9.17, 15) is 14.7 Å². The topological polar surface area (TPSA) is 74.6 Å². The third-order valence-electron chi connectivity index (χ3n) is 5.40. The standard InChI is InChI=1S/C26H34O4S.2Na.2H/c27-25(28)18-19-31-24(20-26(29)30)23-17-11-10-16-22(23)15-9-4-2-1-3-6-12-21-13-7-5-8-14-21;;;;/h5,7-8,10-11,13-14,16-17,24H,1-4,6,9,12,15,18-20H2,(H,27,28)(H,29,30);;;;/t24-;;;;/m0..../s1. The number of aryl methyl sites for hydroxylation is 2. The molecular weight excluding hydrogens is 454 g/mol. The monoisotopic (exact) mass is 490 g/mol. The number of hydrogen-bond donors (Lipinski definition) is 2. The molecule has 2 N–H and O–H groups in total. The van der Waals surface area contributed by atoms with E-state index >= 15 is 0 Å². The number of thioether (sulfide) groups is 1. The minimum absolute atomic E-state index is 0. The zero-order valence-electron chi connectivity index (χ0n) is 18.2. The second kappa shape index (κ2) is 20.0. The Kier molecular flexibility index (Phi) is 19.8. The molecule has 1 atom stereocenters. The van der Waals surface area contributed by atoms with Crippen LogP contribution in [0.5, 0.6) is 0 Å². The fourth-order valence-electron chi connectivity index (χ4n) is 3.78. The summed E-state index contributed by atoms with van der Waals surface area (Å²) < 4.78 is 0. The minimum atomic E-state index is -0.849. The summed E-state index contributed by atoms with van der Waals surface area (Å²) in [4.78, 5) is 22.2. The Bertz CT molecular complexity index is 802. The number of carbonyl (C=O) groups is 2. The van der Waals surface area contributed by atoms with E-state index in [1.807, 2.05) is 18.2 Å². The molecule has 7 heteroatoms. The van der Waals surface area contributed by atoms with E-state index in [4.69, 9.17) is 5.11 Å². The Labute approximate surface area is 246 Å². The van der Waals surface area contributed by atoms with Crippen molar-refractivity contribution in [2.45, 2.75) is 69.5 Å². The molecule has 172 valence electrons. The first-order valence-electron chi connectivity index (χ1n) is 11.2. The van der Waals surface area contributed by atoms with E-state index in [1.165, 1.54) is 55.0 Å². The van der Waals surface area contributed by atoms with Crippen LogP contribution in [0.3, 0.4) is 0 Å². The van der Waals surface area contributed by atoms with Crippen molar-refractivity contribution in [2.75, 3.05) is 5.75 Å². The van der Waals surface area contributed by atoms with Crippen LogP contribution in [-0.4, -0.2) is 87.0 Å². The van der Waals surface area contributed by atoms with Gasteiger partial charge in [0.1, 0.15) is 0 Å². The molecule has 0 radical (unpaired) electrons. The SMILES string of the molecule is O=C(O)CCS[C@@H](CC(=O)O)c1ccccc1CCCCCCCCc1ccccc1.[NaH].[NaH]. The Morgan fingerprint density at radius 1 is 0.727 bits per heavy atom. The van der Waals surface area contributed by atoms with Crippen molar-refractivity contribution in [3.05, 3.63) is 71.3 Å². The van der Waals surface area contributed by atoms with Crippen molar-refractivity contribution in [1.29, 1.82) is 0 Å². The van der Waals surface area contributed by atoms with Gasteiger partial charge in [0, 0.05) is 11.0 Å². The van der Waals surface area contributed by atoms with Gasteiger partial charge >= 0.3 is 71.1 Å². The van der Waals surface area contributed by atoms with E-state index in [0.717, 1.165) is 24.8 Å². The van der Waals surface area contributed by atoms with E-state index in [1.54, 1.807) is 0 Å². The molecule has 0 aliphatic rings. The van der Waals surface area contributed by atoms with Gasteiger partial charge in [-0.1, -0.05) is 80.3 Å². The zero-order valence-corrected chi connectivity index (χ0v) is 19.0. The fourth-order valence-corrected chi connectivity index (χ4v) is 5.03. The first-order valence-corrected chi connectivity index (χ1v) is 12.3. The molecule has 0 saturated carbocycles. The summed E-state index contributed by atoms with van der Waals surface area (Å²) >= 11 is 1.43. The van der Waals surface area contributed by atoms with Crippen LogP contribution in [0.2, 0.25) is 0 Å². The van der Waals surface area contributed by atoms with Gasteiger partial charge in [0.15, 0.2) is 0 Å². The number of hydrogen-bond acceptors (Lipinski definition) is 3. The predicted octanol–water partition coefficient (Wildman–Crippen LogP) is 5.24. The van der Waals surface area contributed by atoms with Crippen molar-refractivity contribution in [1.82, 2.24) is 0 Å². The molecule has 2 rings (SSSR count). The molecule has 0 aliphatic heterocycles. The third kappa shape index (κ3) is 14.7. The summed E-state index contributed by atoms with van der Waals surface area (Å²) in [5.41, 5.74) is 3.65. The number of carboxylic acids is 2. The van der Waals surface area contributed by atoms with Crippen LogP contribution in [-0.2, 0) is 22.4 Å². The summed E-state index contributed by atoms with van der Waals surface area (Å²) in [5, 5.41) is 18.0. The number of carboxylic acid groups (broad SMARTS) is 2. The van der Waals surface area contributed by atoms with E-state index in [-0.39, 0.29) is 77.2 Å². The van der Waals surface area contributed by atoms with Crippen molar-refractivity contribution in [3.8, 4) is 0 Å². The summed E-state index contributed by atoms with van der Waals surface area (Å²) in [6, 6.07) is 18.7. The molecule has 0 aromatic heterocycles. The van der Waals surface area contributed by atoms with Crippen molar-refractivity contribution in [3.63, 3.8) is 0 Å². The van der Waals surface area contributed by atoms with Gasteiger partial charge < -0.3 is 10.2 Å². The number of rotatable bonds is 16. The summed E-state index contributed by atoms with van der Waals surface area (Å²) in [5.74, 6) is -1.28. The van der Waals surface area contributed by atoms with E-state index in [0.29, 0.717) is 5.75 Å². The number of aliphatic carboxylic acids is 2. The molecule has 0 amide bonds. The first-order chi connectivity index (χ1) is 15.1. The van der Waals surface area contributed by atoms with Crippen LogP contribution < -0.4 is 0 Å². The molecule has 0 bridgehead atoms. The zero-order chi connectivity index (χ0) is 22.3. The number of unbranched alkanes of at least 4 members (excludes halogenated alkanes) is 5. The molecule has 0 unspecified atom stereocenters. The van der Waals surface area contributed by atoms with Crippen LogP contribution in [0.4, 0.5) is 0 Å². The molecule has 0 fully saturated rings. The van der Waals surface area contributed by atoms with Gasteiger partial charge in [-0.25, -0.2) is 0 Å². The van der Waals surface area contributed by atoms with Gasteiger partial charge in [-0.3, -0.25) is 9.59 Å². The van der Waals surface area contributed by atoms with E-state index in [2.05, 4.69) is 36.4 Å². The summed E-state index contributed by atoms with van der Waals surface area (Å²) in [7, 11) is 0. The molecular formula is C26H36Na2O4S. The number of benzene rings is 2.